The molecule has 0 saturated heterocycles. The number of hydrogen-bond donors (Lipinski definition) is 1. The van der Waals surface area contributed by atoms with Crippen molar-refractivity contribution in [2.75, 3.05) is 13.2 Å². The number of rotatable bonds is 8. The molecule has 1 unspecified atom stereocenters. The van der Waals surface area contributed by atoms with Crippen molar-refractivity contribution in [3.8, 4) is 0 Å². The number of fused-ring (bicyclic) bond motifs is 1. The van der Waals surface area contributed by atoms with E-state index in [4.69, 9.17) is 9.47 Å². The third kappa shape index (κ3) is 4.55. The van der Waals surface area contributed by atoms with Crippen LogP contribution in [0.3, 0.4) is 0 Å². The van der Waals surface area contributed by atoms with Gasteiger partial charge in [-0.15, -0.1) is 0 Å². The number of benzene rings is 1. The first-order valence-electron chi connectivity index (χ1n) is 8.01. The smallest absolute Gasteiger partial charge is 0.338 e. The van der Waals surface area contributed by atoms with Crippen molar-refractivity contribution in [3.63, 3.8) is 0 Å². The van der Waals surface area contributed by atoms with E-state index in [1.54, 1.807) is 42.9 Å². The Morgan fingerprint density at radius 2 is 2.00 bits per heavy atom. The topological polar surface area (TPSA) is 90.6 Å². The van der Waals surface area contributed by atoms with Crippen molar-refractivity contribution in [2.45, 2.75) is 39.3 Å². The predicted octanol–water partition coefficient (Wildman–Crippen LogP) is 1.92. The highest BCUT2D eigenvalue weighted by Gasteiger charge is 2.14. The first kappa shape index (κ1) is 17.9. The molecular weight excluding hydrogens is 312 g/mol. The molecule has 1 atom stereocenters. The minimum Gasteiger partial charge on any atom is -0.466 e. The molecule has 1 aromatic carbocycles. The highest BCUT2D eigenvalue weighted by Crippen LogP contribution is 2.17. The molecule has 2 aromatic rings. The molecule has 0 saturated carbocycles. The Balaban J connectivity index is 2.00. The maximum Gasteiger partial charge on any atom is 0.338 e. The molecule has 0 spiro atoms. The lowest BCUT2D eigenvalue weighted by Crippen LogP contribution is -2.18. The number of nitrogens with zero attached hydrogens (tertiary/aromatic N) is 2. The van der Waals surface area contributed by atoms with Crippen LogP contribution >= 0.6 is 0 Å². The summed E-state index contributed by atoms with van der Waals surface area (Å²) in [6.07, 6.45) is 1.24. The predicted molar refractivity (Wildman–Crippen MR) is 87.6 cm³/mol. The van der Waals surface area contributed by atoms with Gasteiger partial charge < -0.3 is 14.6 Å². The Morgan fingerprint density at radius 3 is 2.71 bits per heavy atom. The summed E-state index contributed by atoms with van der Waals surface area (Å²) < 4.78 is 11.5. The van der Waals surface area contributed by atoms with E-state index in [0.717, 1.165) is 10.9 Å². The lowest BCUT2D eigenvalue weighted by Gasteiger charge is -2.10. The number of aliphatic hydroxyl groups is 1. The van der Waals surface area contributed by atoms with E-state index in [9.17, 15) is 14.7 Å². The van der Waals surface area contributed by atoms with E-state index in [-0.39, 0.29) is 12.4 Å². The largest absolute Gasteiger partial charge is 0.466 e. The van der Waals surface area contributed by atoms with Gasteiger partial charge in [-0.05, 0) is 38.5 Å². The molecule has 0 fully saturated rings. The number of carbonyl (C=O) groups excluding carboxylic acids is 2. The summed E-state index contributed by atoms with van der Waals surface area (Å²) in [5.41, 5.74) is 1.33. The lowest BCUT2D eigenvalue weighted by molar-refractivity contribution is -0.145. The Labute approximate surface area is 140 Å². The average Bonchev–Trinajstić information content (AvgIpc) is 2.95. The summed E-state index contributed by atoms with van der Waals surface area (Å²) >= 11 is 0. The second-order valence-corrected chi connectivity index (χ2v) is 5.31. The molecular formula is C17H22N2O5. The second kappa shape index (κ2) is 8.44. The zero-order valence-corrected chi connectivity index (χ0v) is 13.9. The summed E-state index contributed by atoms with van der Waals surface area (Å²) in [5, 5.41) is 15.0. The van der Waals surface area contributed by atoms with Crippen LogP contribution in [0.4, 0.5) is 0 Å². The number of carbonyl (C=O) groups is 2. The maximum atomic E-state index is 11.7. The van der Waals surface area contributed by atoms with E-state index in [1.165, 1.54) is 0 Å². The minimum absolute atomic E-state index is 0.0277. The van der Waals surface area contributed by atoms with Crippen molar-refractivity contribution in [3.05, 3.63) is 30.0 Å². The van der Waals surface area contributed by atoms with E-state index in [2.05, 4.69) is 5.10 Å². The number of aryl methyl sites for hydroxylation is 1. The molecule has 2 rings (SSSR count). The molecule has 0 amide bonds. The highest BCUT2D eigenvalue weighted by molar-refractivity contribution is 5.94. The SMILES string of the molecule is CCOC(=O)CC(O)CCn1ncc2cc(C(=O)OCC)ccc21. The van der Waals surface area contributed by atoms with Gasteiger partial charge in [0.15, 0.2) is 0 Å². The van der Waals surface area contributed by atoms with Crippen LogP contribution in [0.2, 0.25) is 0 Å². The van der Waals surface area contributed by atoms with Gasteiger partial charge in [-0.3, -0.25) is 9.48 Å². The van der Waals surface area contributed by atoms with Crippen LogP contribution in [0, 0.1) is 0 Å². The molecule has 1 aromatic heterocycles. The summed E-state index contributed by atoms with van der Waals surface area (Å²) in [4.78, 5) is 23.1. The normalized spacial score (nSPS) is 12.1. The van der Waals surface area contributed by atoms with Crippen molar-refractivity contribution in [1.82, 2.24) is 9.78 Å². The van der Waals surface area contributed by atoms with Crippen LogP contribution in [0.5, 0.6) is 0 Å². The van der Waals surface area contributed by atoms with Crippen molar-refractivity contribution >= 4 is 22.8 Å². The van der Waals surface area contributed by atoms with Gasteiger partial charge in [-0.25, -0.2) is 4.79 Å². The van der Waals surface area contributed by atoms with Crippen LogP contribution in [-0.4, -0.2) is 46.1 Å². The fourth-order valence-electron chi connectivity index (χ4n) is 2.39. The van der Waals surface area contributed by atoms with Gasteiger partial charge in [0.2, 0.25) is 0 Å². The Morgan fingerprint density at radius 1 is 1.25 bits per heavy atom. The average molecular weight is 334 g/mol. The molecule has 0 aliphatic heterocycles. The second-order valence-electron chi connectivity index (χ2n) is 5.31. The fourth-order valence-corrected chi connectivity index (χ4v) is 2.39. The first-order chi connectivity index (χ1) is 11.5. The summed E-state index contributed by atoms with van der Waals surface area (Å²) in [6.45, 7) is 4.58. The third-order valence-corrected chi connectivity index (χ3v) is 3.53. The van der Waals surface area contributed by atoms with Gasteiger partial charge in [-0.1, -0.05) is 0 Å². The number of aliphatic hydroxyl groups excluding tert-OH is 1. The number of esters is 2. The van der Waals surface area contributed by atoms with Crippen LogP contribution in [0.1, 0.15) is 37.0 Å². The van der Waals surface area contributed by atoms with Crippen LogP contribution in [0.25, 0.3) is 10.9 Å². The zero-order valence-electron chi connectivity index (χ0n) is 13.9. The van der Waals surface area contributed by atoms with Crippen LogP contribution < -0.4 is 0 Å². The first-order valence-corrected chi connectivity index (χ1v) is 8.01. The van der Waals surface area contributed by atoms with Gasteiger partial charge in [0, 0.05) is 11.9 Å². The molecule has 0 radical (unpaired) electrons. The van der Waals surface area contributed by atoms with Crippen molar-refractivity contribution < 1.29 is 24.2 Å². The third-order valence-electron chi connectivity index (χ3n) is 3.53. The fraction of sp³-hybridized carbons (Fsp3) is 0.471. The summed E-state index contributed by atoms with van der Waals surface area (Å²) in [6, 6.07) is 5.21. The maximum absolute atomic E-state index is 11.7. The van der Waals surface area contributed by atoms with Gasteiger partial charge >= 0.3 is 11.9 Å². The van der Waals surface area contributed by atoms with Crippen molar-refractivity contribution in [1.29, 1.82) is 0 Å². The molecule has 1 heterocycles. The summed E-state index contributed by atoms with van der Waals surface area (Å²) in [7, 11) is 0. The Bertz CT molecular complexity index is 710. The minimum atomic E-state index is -0.776. The number of ether oxygens (including phenoxy) is 2. The Hall–Kier alpha value is -2.41. The molecule has 0 bridgehead atoms. The highest BCUT2D eigenvalue weighted by atomic mass is 16.5. The molecule has 130 valence electrons. The lowest BCUT2D eigenvalue weighted by atomic mass is 10.1. The van der Waals surface area contributed by atoms with Crippen LogP contribution in [-0.2, 0) is 20.8 Å². The van der Waals surface area contributed by atoms with Gasteiger partial charge in [0.1, 0.15) is 0 Å². The number of hydrogen-bond acceptors (Lipinski definition) is 6. The molecule has 0 aliphatic carbocycles. The molecule has 7 nitrogen and oxygen atoms in total. The quantitative estimate of drug-likeness (QED) is 0.742. The standard InChI is InChI=1S/C17H22N2O5/c1-3-23-16(21)10-14(20)7-8-19-15-6-5-12(17(22)24-4-2)9-13(15)11-18-19/h5-6,9,11,14,20H,3-4,7-8,10H2,1-2H3. The van der Waals surface area contributed by atoms with Gasteiger partial charge in [0.25, 0.3) is 0 Å². The molecule has 1 N–H and O–H groups in total. The van der Waals surface area contributed by atoms with Crippen molar-refractivity contribution in [2.24, 2.45) is 0 Å². The Kier molecular flexibility index (Phi) is 6.31. The molecule has 7 heteroatoms. The van der Waals surface area contributed by atoms with Gasteiger partial charge in [0.05, 0.1) is 43.0 Å². The van der Waals surface area contributed by atoms with Crippen LogP contribution in [0.15, 0.2) is 24.4 Å². The summed E-state index contributed by atoms with van der Waals surface area (Å²) in [5.74, 6) is -0.772. The van der Waals surface area contributed by atoms with Gasteiger partial charge in [-0.2, -0.15) is 5.10 Å². The van der Waals surface area contributed by atoms with E-state index in [0.29, 0.717) is 31.7 Å². The van der Waals surface area contributed by atoms with E-state index >= 15 is 0 Å². The van der Waals surface area contributed by atoms with E-state index < -0.39 is 12.1 Å². The van der Waals surface area contributed by atoms with E-state index in [1.807, 2.05) is 0 Å². The molecule has 24 heavy (non-hydrogen) atoms. The molecule has 0 aliphatic rings. The number of aromatic nitrogens is 2. The monoisotopic (exact) mass is 334 g/mol. The zero-order chi connectivity index (χ0) is 17.5.